The summed E-state index contributed by atoms with van der Waals surface area (Å²) in [4.78, 5) is 0. The molecule has 0 saturated heterocycles. The smallest absolute Gasteiger partial charge is 0.389 e. The summed E-state index contributed by atoms with van der Waals surface area (Å²) in [6.07, 6.45) is -5.21. The van der Waals surface area contributed by atoms with Gasteiger partial charge in [0.05, 0.1) is 12.5 Å². The van der Waals surface area contributed by atoms with Crippen LogP contribution in [0.2, 0.25) is 0 Å². The molecule has 6 heteroatoms. The minimum absolute atomic E-state index is 0.143. The van der Waals surface area contributed by atoms with E-state index in [1.165, 1.54) is 7.11 Å². The molecule has 0 heterocycles. The number of alkyl halides is 4. The first-order valence-electron chi connectivity index (χ1n) is 4.88. The molecular weight excluding hydrogens is 320 g/mol. The van der Waals surface area contributed by atoms with Gasteiger partial charge in [-0.1, -0.05) is 22.0 Å². The lowest BCUT2D eigenvalue weighted by Crippen LogP contribution is -2.08. The fraction of sp³-hybridized carbons (Fsp3) is 0.455. The average molecular weight is 332 g/mol. The van der Waals surface area contributed by atoms with Gasteiger partial charge in [0.2, 0.25) is 0 Å². The van der Waals surface area contributed by atoms with E-state index in [1.54, 1.807) is 18.2 Å². The van der Waals surface area contributed by atoms with Gasteiger partial charge in [-0.3, -0.25) is 0 Å². The Kier molecular flexibility index (Phi) is 5.13. The maximum atomic E-state index is 12.1. The third-order valence-corrected chi connectivity index (χ3v) is 3.37. The Labute approximate surface area is 111 Å². The highest BCUT2D eigenvalue weighted by molar-refractivity contribution is 9.10. The van der Waals surface area contributed by atoms with Crippen molar-refractivity contribution in [2.45, 2.75) is 24.4 Å². The Balaban J connectivity index is 2.72. The van der Waals surface area contributed by atoms with E-state index >= 15 is 0 Å². The zero-order valence-electron chi connectivity index (χ0n) is 9.02. The Bertz CT molecular complexity index is 381. The predicted octanol–water partition coefficient (Wildman–Crippen LogP) is 5.08. The molecule has 17 heavy (non-hydrogen) atoms. The van der Waals surface area contributed by atoms with Crippen LogP contribution >= 0.6 is 27.5 Å². The largest absolute Gasteiger partial charge is 0.497 e. The van der Waals surface area contributed by atoms with Crippen LogP contribution in [0, 0.1) is 0 Å². The van der Waals surface area contributed by atoms with Crippen LogP contribution in [-0.2, 0) is 0 Å². The normalized spacial score (nSPS) is 13.5. The van der Waals surface area contributed by atoms with Crippen LogP contribution in [0.5, 0.6) is 5.75 Å². The Hall–Kier alpha value is -0.420. The fourth-order valence-corrected chi connectivity index (χ4v) is 2.40. The summed E-state index contributed by atoms with van der Waals surface area (Å²) in [5.41, 5.74) is 0.636. The Morgan fingerprint density at radius 2 is 2.06 bits per heavy atom. The van der Waals surface area contributed by atoms with Crippen molar-refractivity contribution in [3.05, 3.63) is 28.2 Å². The highest BCUT2D eigenvalue weighted by Gasteiger charge is 2.28. The third kappa shape index (κ3) is 4.76. The topological polar surface area (TPSA) is 9.23 Å². The van der Waals surface area contributed by atoms with E-state index in [1.807, 2.05) is 0 Å². The monoisotopic (exact) mass is 330 g/mol. The summed E-state index contributed by atoms with van der Waals surface area (Å²) in [6, 6.07) is 5.01. The van der Waals surface area contributed by atoms with Crippen LogP contribution in [0.3, 0.4) is 0 Å². The molecule has 0 N–H and O–H groups in total. The van der Waals surface area contributed by atoms with E-state index in [0.717, 1.165) is 0 Å². The second kappa shape index (κ2) is 5.96. The van der Waals surface area contributed by atoms with Crippen molar-refractivity contribution in [2.24, 2.45) is 0 Å². The third-order valence-electron chi connectivity index (χ3n) is 2.23. The summed E-state index contributed by atoms with van der Waals surface area (Å²) < 4.78 is 41.8. The van der Waals surface area contributed by atoms with Crippen LogP contribution < -0.4 is 4.74 Å². The molecule has 1 unspecified atom stereocenters. The molecule has 1 atom stereocenters. The quantitative estimate of drug-likeness (QED) is 0.699. The van der Waals surface area contributed by atoms with Crippen LogP contribution in [-0.4, -0.2) is 13.3 Å². The summed E-state index contributed by atoms with van der Waals surface area (Å²) in [6.45, 7) is 0. The first kappa shape index (κ1) is 14.6. The second-order valence-corrected chi connectivity index (χ2v) is 4.89. The average Bonchev–Trinajstić information content (AvgIpc) is 2.24. The van der Waals surface area contributed by atoms with E-state index in [4.69, 9.17) is 16.3 Å². The summed E-state index contributed by atoms with van der Waals surface area (Å²) in [7, 11) is 1.52. The maximum Gasteiger partial charge on any atom is 0.389 e. The molecule has 0 radical (unpaired) electrons. The Morgan fingerprint density at radius 3 is 2.53 bits per heavy atom. The van der Waals surface area contributed by atoms with E-state index in [0.29, 0.717) is 15.8 Å². The molecule has 1 nitrogen and oxygen atoms in total. The molecule has 0 aliphatic carbocycles. The molecule has 1 aromatic rings. The molecule has 0 aliphatic heterocycles. The first-order chi connectivity index (χ1) is 7.83. The molecular formula is C11H11BrClF3O. The number of methoxy groups -OCH3 is 1. The number of ether oxygens (including phenoxy) is 1. The summed E-state index contributed by atoms with van der Waals surface area (Å²) >= 11 is 9.21. The molecule has 0 aliphatic rings. The number of hydrogen-bond donors (Lipinski definition) is 0. The standard InChI is InChI=1S/C11H11BrClF3O/c1-17-7-2-3-8(9(12)6-7)10(13)4-5-11(14,15)16/h2-3,6,10H,4-5H2,1H3. The molecule has 0 saturated carbocycles. The molecule has 0 amide bonds. The lowest BCUT2D eigenvalue weighted by molar-refractivity contribution is -0.135. The predicted molar refractivity (Wildman–Crippen MR) is 64.6 cm³/mol. The number of benzene rings is 1. The number of hydrogen-bond acceptors (Lipinski definition) is 1. The van der Waals surface area contributed by atoms with E-state index in [-0.39, 0.29) is 6.42 Å². The van der Waals surface area contributed by atoms with Crippen LogP contribution in [0.4, 0.5) is 13.2 Å². The number of halogens is 5. The second-order valence-electron chi connectivity index (χ2n) is 3.51. The summed E-state index contributed by atoms with van der Waals surface area (Å²) in [5.74, 6) is 0.625. The van der Waals surface area contributed by atoms with Crippen molar-refractivity contribution >= 4 is 27.5 Å². The van der Waals surface area contributed by atoms with Gasteiger partial charge in [-0.2, -0.15) is 13.2 Å². The highest BCUT2D eigenvalue weighted by atomic mass is 79.9. The van der Waals surface area contributed by atoms with Crippen LogP contribution in [0.1, 0.15) is 23.8 Å². The van der Waals surface area contributed by atoms with Crippen molar-refractivity contribution in [2.75, 3.05) is 7.11 Å². The van der Waals surface area contributed by atoms with Crippen LogP contribution in [0.15, 0.2) is 22.7 Å². The van der Waals surface area contributed by atoms with Crippen molar-refractivity contribution in [1.29, 1.82) is 0 Å². The molecule has 0 bridgehead atoms. The van der Waals surface area contributed by atoms with E-state index in [2.05, 4.69) is 15.9 Å². The molecule has 96 valence electrons. The SMILES string of the molecule is COc1ccc(C(Cl)CCC(F)(F)F)c(Br)c1. The maximum absolute atomic E-state index is 12.1. The van der Waals surface area contributed by atoms with E-state index in [9.17, 15) is 13.2 Å². The minimum atomic E-state index is -4.17. The molecule has 0 spiro atoms. The van der Waals surface area contributed by atoms with Crippen molar-refractivity contribution in [3.8, 4) is 5.75 Å². The zero-order valence-corrected chi connectivity index (χ0v) is 11.4. The van der Waals surface area contributed by atoms with Crippen molar-refractivity contribution in [3.63, 3.8) is 0 Å². The van der Waals surface area contributed by atoms with Gasteiger partial charge >= 0.3 is 6.18 Å². The van der Waals surface area contributed by atoms with Crippen molar-refractivity contribution < 1.29 is 17.9 Å². The first-order valence-corrected chi connectivity index (χ1v) is 6.10. The molecule has 1 rings (SSSR count). The van der Waals surface area contributed by atoms with Gasteiger partial charge in [0.25, 0.3) is 0 Å². The highest BCUT2D eigenvalue weighted by Crippen LogP contribution is 2.36. The van der Waals surface area contributed by atoms with Gasteiger partial charge < -0.3 is 4.74 Å². The molecule has 0 aromatic heterocycles. The molecule has 1 aromatic carbocycles. The minimum Gasteiger partial charge on any atom is -0.497 e. The van der Waals surface area contributed by atoms with Crippen LogP contribution in [0.25, 0.3) is 0 Å². The lowest BCUT2D eigenvalue weighted by atomic mass is 10.1. The van der Waals surface area contributed by atoms with Gasteiger partial charge in [-0.25, -0.2) is 0 Å². The van der Waals surface area contributed by atoms with Gasteiger partial charge in [-0.05, 0) is 24.1 Å². The lowest BCUT2D eigenvalue weighted by Gasteiger charge is -2.14. The number of rotatable bonds is 4. The molecule has 0 fully saturated rings. The summed E-state index contributed by atoms with van der Waals surface area (Å²) in [5, 5.41) is -0.670. The van der Waals surface area contributed by atoms with E-state index < -0.39 is 18.0 Å². The van der Waals surface area contributed by atoms with Crippen molar-refractivity contribution in [1.82, 2.24) is 0 Å². The fourth-order valence-electron chi connectivity index (χ4n) is 1.33. The van der Waals surface area contributed by atoms with Gasteiger partial charge in [0.1, 0.15) is 5.75 Å². The van der Waals surface area contributed by atoms with Gasteiger partial charge in [-0.15, -0.1) is 11.6 Å². The van der Waals surface area contributed by atoms with Gasteiger partial charge in [0, 0.05) is 10.9 Å². The van der Waals surface area contributed by atoms with Gasteiger partial charge in [0.15, 0.2) is 0 Å². The zero-order chi connectivity index (χ0) is 13.1. The Morgan fingerprint density at radius 1 is 1.41 bits per heavy atom.